The lowest BCUT2D eigenvalue weighted by atomic mass is 10.1. The fourth-order valence-corrected chi connectivity index (χ4v) is 2.51. The van der Waals surface area contributed by atoms with E-state index in [-0.39, 0.29) is 0 Å². The Hall–Kier alpha value is -0.0100. The normalized spacial score (nSPS) is 10.6. The molecule has 0 aliphatic carbocycles. The van der Waals surface area contributed by atoms with E-state index in [0.29, 0.717) is 0 Å². The number of hydrogen-bond acceptors (Lipinski definition) is 1. The van der Waals surface area contributed by atoms with Crippen LogP contribution in [0, 0.1) is 13.8 Å². The van der Waals surface area contributed by atoms with E-state index in [1.807, 2.05) is 11.3 Å². The standard InChI is InChI=1S/C10H15ClS/c1-8-7-10(9(2)12-8)5-3-4-6-11/h7H,3-6H2,1-2H3. The second-order valence-corrected chi connectivity index (χ2v) is 4.92. The topological polar surface area (TPSA) is 0 Å². The molecular formula is C10H15ClS. The van der Waals surface area contributed by atoms with Crippen LogP contribution >= 0.6 is 22.9 Å². The van der Waals surface area contributed by atoms with E-state index in [9.17, 15) is 0 Å². The molecule has 0 aliphatic rings. The van der Waals surface area contributed by atoms with Crippen LogP contribution in [0.2, 0.25) is 0 Å². The highest BCUT2D eigenvalue weighted by molar-refractivity contribution is 7.12. The van der Waals surface area contributed by atoms with Crippen LogP contribution in [0.15, 0.2) is 6.07 Å². The molecule has 0 aromatic carbocycles. The highest BCUT2D eigenvalue weighted by atomic mass is 35.5. The molecular weight excluding hydrogens is 188 g/mol. The van der Waals surface area contributed by atoms with Crippen LogP contribution in [0.5, 0.6) is 0 Å². The molecule has 0 unspecified atom stereocenters. The Kier molecular flexibility index (Phi) is 4.10. The van der Waals surface area contributed by atoms with Gasteiger partial charge in [0.1, 0.15) is 0 Å². The van der Waals surface area contributed by atoms with Crippen LogP contribution in [-0.4, -0.2) is 5.88 Å². The quantitative estimate of drug-likeness (QED) is 0.513. The van der Waals surface area contributed by atoms with E-state index in [0.717, 1.165) is 12.3 Å². The van der Waals surface area contributed by atoms with Gasteiger partial charge < -0.3 is 0 Å². The fourth-order valence-electron chi connectivity index (χ4n) is 1.34. The third-order valence-corrected chi connectivity index (χ3v) is 3.25. The number of hydrogen-bond donors (Lipinski definition) is 0. The average molecular weight is 203 g/mol. The van der Waals surface area contributed by atoms with Crippen molar-refractivity contribution in [3.8, 4) is 0 Å². The van der Waals surface area contributed by atoms with Gasteiger partial charge in [0.15, 0.2) is 0 Å². The molecule has 0 aliphatic heterocycles. The maximum absolute atomic E-state index is 5.62. The van der Waals surface area contributed by atoms with Gasteiger partial charge >= 0.3 is 0 Å². The Bertz CT molecular complexity index is 240. The monoisotopic (exact) mass is 202 g/mol. The molecule has 12 heavy (non-hydrogen) atoms. The summed E-state index contributed by atoms with van der Waals surface area (Å²) >= 11 is 7.51. The third kappa shape index (κ3) is 2.80. The van der Waals surface area contributed by atoms with Gasteiger partial charge in [-0.2, -0.15) is 0 Å². The summed E-state index contributed by atoms with van der Waals surface area (Å²) in [5.41, 5.74) is 1.52. The van der Waals surface area contributed by atoms with Crippen molar-refractivity contribution in [2.45, 2.75) is 33.1 Å². The van der Waals surface area contributed by atoms with Crippen LogP contribution in [0.1, 0.15) is 28.2 Å². The maximum atomic E-state index is 5.62. The minimum Gasteiger partial charge on any atom is -0.146 e. The zero-order valence-electron chi connectivity index (χ0n) is 7.69. The van der Waals surface area contributed by atoms with Gasteiger partial charge in [-0.05, 0) is 44.7 Å². The van der Waals surface area contributed by atoms with Gasteiger partial charge in [0.25, 0.3) is 0 Å². The Morgan fingerprint density at radius 2 is 2.08 bits per heavy atom. The van der Waals surface area contributed by atoms with Crippen LogP contribution in [0.25, 0.3) is 0 Å². The number of halogens is 1. The van der Waals surface area contributed by atoms with E-state index in [2.05, 4.69) is 19.9 Å². The Labute approximate surface area is 83.6 Å². The van der Waals surface area contributed by atoms with Gasteiger partial charge in [0, 0.05) is 15.6 Å². The van der Waals surface area contributed by atoms with Crippen molar-refractivity contribution in [2.24, 2.45) is 0 Å². The van der Waals surface area contributed by atoms with E-state index in [4.69, 9.17) is 11.6 Å². The number of thiophene rings is 1. The van der Waals surface area contributed by atoms with E-state index in [1.165, 1.54) is 28.2 Å². The van der Waals surface area contributed by atoms with Crippen molar-refractivity contribution < 1.29 is 0 Å². The number of unbranched alkanes of at least 4 members (excludes halogenated alkanes) is 1. The van der Waals surface area contributed by atoms with E-state index in [1.54, 1.807) is 0 Å². The predicted molar refractivity (Wildman–Crippen MR) is 57.5 cm³/mol. The summed E-state index contributed by atoms with van der Waals surface area (Å²) in [6, 6.07) is 2.30. The minimum absolute atomic E-state index is 0.794. The van der Waals surface area contributed by atoms with E-state index >= 15 is 0 Å². The maximum Gasteiger partial charge on any atom is 0.0223 e. The first kappa shape index (κ1) is 10.1. The predicted octanol–water partition coefficient (Wildman–Crippen LogP) is 3.93. The largest absolute Gasteiger partial charge is 0.146 e. The molecule has 1 aromatic heterocycles. The van der Waals surface area contributed by atoms with Gasteiger partial charge in [-0.1, -0.05) is 0 Å². The number of rotatable bonds is 4. The molecule has 0 saturated carbocycles. The summed E-state index contributed by atoms with van der Waals surface area (Å²) in [6.45, 7) is 4.37. The second-order valence-electron chi connectivity index (χ2n) is 3.08. The molecule has 0 amide bonds. The minimum atomic E-state index is 0.794. The smallest absolute Gasteiger partial charge is 0.0223 e. The molecule has 1 rings (SSSR count). The highest BCUT2D eigenvalue weighted by Gasteiger charge is 2.01. The molecule has 0 atom stereocenters. The molecule has 0 bridgehead atoms. The lowest BCUT2D eigenvalue weighted by Crippen LogP contribution is -1.85. The molecule has 1 heterocycles. The van der Waals surface area contributed by atoms with Gasteiger partial charge in [0.05, 0.1) is 0 Å². The summed E-state index contributed by atoms with van der Waals surface area (Å²) in [5, 5.41) is 0. The van der Waals surface area contributed by atoms with Gasteiger partial charge in [-0.25, -0.2) is 0 Å². The van der Waals surface area contributed by atoms with Crippen LogP contribution in [-0.2, 0) is 6.42 Å². The van der Waals surface area contributed by atoms with Crippen LogP contribution in [0.3, 0.4) is 0 Å². The Morgan fingerprint density at radius 3 is 2.58 bits per heavy atom. The number of alkyl halides is 1. The van der Waals surface area contributed by atoms with Gasteiger partial charge in [-0.3, -0.25) is 0 Å². The van der Waals surface area contributed by atoms with Crippen molar-refractivity contribution in [2.75, 3.05) is 5.88 Å². The van der Waals surface area contributed by atoms with E-state index < -0.39 is 0 Å². The van der Waals surface area contributed by atoms with Crippen molar-refractivity contribution in [3.63, 3.8) is 0 Å². The fraction of sp³-hybridized carbons (Fsp3) is 0.600. The molecule has 2 heteroatoms. The van der Waals surface area contributed by atoms with Crippen molar-refractivity contribution in [1.82, 2.24) is 0 Å². The third-order valence-electron chi connectivity index (χ3n) is 1.97. The highest BCUT2D eigenvalue weighted by Crippen LogP contribution is 2.22. The lowest BCUT2D eigenvalue weighted by Gasteiger charge is -1.97. The zero-order chi connectivity index (χ0) is 8.97. The average Bonchev–Trinajstić information content (AvgIpc) is 2.31. The first-order valence-electron chi connectivity index (χ1n) is 4.36. The van der Waals surface area contributed by atoms with Crippen molar-refractivity contribution >= 4 is 22.9 Å². The molecule has 1 aromatic rings. The van der Waals surface area contributed by atoms with Gasteiger partial charge in [-0.15, -0.1) is 22.9 Å². The summed E-state index contributed by atoms with van der Waals surface area (Å²) in [4.78, 5) is 2.90. The van der Waals surface area contributed by atoms with Crippen molar-refractivity contribution in [1.29, 1.82) is 0 Å². The summed E-state index contributed by atoms with van der Waals surface area (Å²) in [7, 11) is 0. The van der Waals surface area contributed by atoms with Crippen LogP contribution in [0.4, 0.5) is 0 Å². The summed E-state index contributed by atoms with van der Waals surface area (Å²) < 4.78 is 0. The first-order valence-corrected chi connectivity index (χ1v) is 5.71. The van der Waals surface area contributed by atoms with Gasteiger partial charge in [0.2, 0.25) is 0 Å². The molecule has 0 saturated heterocycles. The SMILES string of the molecule is Cc1cc(CCCCCl)c(C)s1. The Morgan fingerprint density at radius 1 is 1.33 bits per heavy atom. The molecule has 0 nitrogen and oxygen atoms in total. The molecule has 0 N–H and O–H groups in total. The molecule has 68 valence electrons. The molecule has 0 spiro atoms. The molecule has 0 radical (unpaired) electrons. The van der Waals surface area contributed by atoms with Crippen LogP contribution < -0.4 is 0 Å². The van der Waals surface area contributed by atoms with Crippen molar-refractivity contribution in [3.05, 3.63) is 21.4 Å². The number of aryl methyl sites for hydroxylation is 3. The summed E-state index contributed by atoms with van der Waals surface area (Å²) in [6.07, 6.45) is 3.55. The summed E-state index contributed by atoms with van der Waals surface area (Å²) in [5.74, 6) is 0.794. The Balaban J connectivity index is 2.45. The second kappa shape index (κ2) is 4.88. The lowest BCUT2D eigenvalue weighted by molar-refractivity contribution is 0.799. The first-order chi connectivity index (χ1) is 5.74. The molecule has 0 fully saturated rings. The zero-order valence-corrected chi connectivity index (χ0v) is 9.26.